The molecule has 94 valence electrons. The average Bonchev–Trinajstić information content (AvgIpc) is 3.11. The van der Waals surface area contributed by atoms with E-state index >= 15 is 0 Å². The summed E-state index contributed by atoms with van der Waals surface area (Å²) in [4.78, 5) is 7.97. The molecule has 6 nitrogen and oxygen atoms in total. The molecule has 7 heteroatoms. The van der Waals surface area contributed by atoms with Gasteiger partial charge < -0.3 is 19.2 Å². The highest BCUT2D eigenvalue weighted by Gasteiger charge is 2.14. The van der Waals surface area contributed by atoms with E-state index < -0.39 is 7.12 Å². The standard InChI is InChI=1S/C12H11BN4O2/c18-13(19)10-5-11(16-3-1-14-8-16)7-12(6-10)17-4-2-15-9-17/h1-9,18-19H. The summed E-state index contributed by atoms with van der Waals surface area (Å²) >= 11 is 0. The van der Waals surface area contributed by atoms with E-state index in [1.807, 2.05) is 6.07 Å². The van der Waals surface area contributed by atoms with Gasteiger partial charge in [0.15, 0.2) is 0 Å². The summed E-state index contributed by atoms with van der Waals surface area (Å²) in [7, 11) is -1.52. The summed E-state index contributed by atoms with van der Waals surface area (Å²) in [6.07, 6.45) is 10.2. The van der Waals surface area contributed by atoms with Crippen LogP contribution in [-0.4, -0.2) is 36.3 Å². The Balaban J connectivity index is 2.15. The Labute approximate surface area is 109 Å². The molecule has 0 aliphatic heterocycles. The SMILES string of the molecule is OB(O)c1cc(-n2ccnc2)cc(-n2ccnc2)c1. The molecule has 0 saturated carbocycles. The first-order valence-electron chi connectivity index (χ1n) is 5.72. The third-order valence-electron chi connectivity index (χ3n) is 2.83. The van der Waals surface area contributed by atoms with Crippen LogP contribution in [0, 0.1) is 0 Å². The molecule has 1 aromatic carbocycles. The Morgan fingerprint density at radius 2 is 1.37 bits per heavy atom. The lowest BCUT2D eigenvalue weighted by atomic mass is 9.80. The van der Waals surface area contributed by atoms with Crippen molar-refractivity contribution in [3.05, 3.63) is 55.6 Å². The molecule has 0 bridgehead atoms. The Morgan fingerprint density at radius 1 is 0.842 bits per heavy atom. The maximum atomic E-state index is 9.37. The van der Waals surface area contributed by atoms with Gasteiger partial charge in [-0.1, -0.05) is 0 Å². The van der Waals surface area contributed by atoms with Crippen LogP contribution in [0.15, 0.2) is 55.6 Å². The molecule has 2 N–H and O–H groups in total. The third-order valence-corrected chi connectivity index (χ3v) is 2.83. The molecular formula is C12H11BN4O2. The zero-order valence-corrected chi connectivity index (χ0v) is 9.96. The fraction of sp³-hybridized carbons (Fsp3) is 0. The third kappa shape index (κ3) is 2.29. The van der Waals surface area contributed by atoms with Gasteiger partial charge in [0.1, 0.15) is 0 Å². The number of hydrogen-bond donors (Lipinski definition) is 2. The summed E-state index contributed by atoms with van der Waals surface area (Å²) in [5.41, 5.74) is 2.01. The van der Waals surface area contributed by atoms with Crippen molar-refractivity contribution in [3.63, 3.8) is 0 Å². The van der Waals surface area contributed by atoms with Crippen molar-refractivity contribution in [2.75, 3.05) is 0 Å². The van der Waals surface area contributed by atoms with E-state index in [-0.39, 0.29) is 0 Å². The number of imidazole rings is 2. The van der Waals surface area contributed by atoms with E-state index in [2.05, 4.69) is 9.97 Å². The number of benzene rings is 1. The van der Waals surface area contributed by atoms with Crippen LogP contribution in [0.5, 0.6) is 0 Å². The van der Waals surface area contributed by atoms with Gasteiger partial charge in [-0.3, -0.25) is 0 Å². The van der Waals surface area contributed by atoms with Crippen molar-refractivity contribution in [2.45, 2.75) is 0 Å². The monoisotopic (exact) mass is 254 g/mol. The predicted octanol–water partition coefficient (Wildman–Crippen LogP) is -0.262. The first-order valence-corrected chi connectivity index (χ1v) is 5.72. The van der Waals surface area contributed by atoms with Crippen molar-refractivity contribution >= 4 is 12.6 Å². The molecule has 19 heavy (non-hydrogen) atoms. The van der Waals surface area contributed by atoms with Gasteiger partial charge in [0.25, 0.3) is 0 Å². The second kappa shape index (κ2) is 4.71. The van der Waals surface area contributed by atoms with Crippen LogP contribution in [0.3, 0.4) is 0 Å². The molecule has 2 heterocycles. The molecule has 2 aromatic heterocycles. The maximum absolute atomic E-state index is 9.37. The van der Waals surface area contributed by atoms with Gasteiger partial charge in [-0.15, -0.1) is 0 Å². The highest BCUT2D eigenvalue weighted by atomic mass is 16.4. The van der Waals surface area contributed by atoms with E-state index in [4.69, 9.17) is 0 Å². The molecule has 0 spiro atoms. The van der Waals surface area contributed by atoms with Gasteiger partial charge >= 0.3 is 7.12 Å². The Bertz CT molecular complexity index is 613. The number of nitrogens with zero attached hydrogens (tertiary/aromatic N) is 4. The van der Waals surface area contributed by atoms with Crippen LogP contribution in [0.1, 0.15) is 0 Å². The van der Waals surface area contributed by atoms with Gasteiger partial charge in [0, 0.05) is 36.2 Å². The van der Waals surface area contributed by atoms with E-state index in [1.54, 1.807) is 58.7 Å². The molecule has 0 radical (unpaired) electrons. The molecular weight excluding hydrogens is 243 g/mol. The average molecular weight is 254 g/mol. The molecule has 0 amide bonds. The van der Waals surface area contributed by atoms with Gasteiger partial charge in [-0.2, -0.15) is 0 Å². The molecule has 3 aromatic rings. The lowest BCUT2D eigenvalue weighted by Crippen LogP contribution is -2.30. The molecule has 0 aliphatic carbocycles. The summed E-state index contributed by atoms with van der Waals surface area (Å²) in [6.45, 7) is 0. The van der Waals surface area contributed by atoms with Crippen LogP contribution >= 0.6 is 0 Å². The lowest BCUT2D eigenvalue weighted by Gasteiger charge is -2.10. The molecule has 0 fully saturated rings. The van der Waals surface area contributed by atoms with Crippen LogP contribution in [0.4, 0.5) is 0 Å². The largest absolute Gasteiger partial charge is 0.488 e. The van der Waals surface area contributed by atoms with Crippen LogP contribution in [-0.2, 0) is 0 Å². The van der Waals surface area contributed by atoms with Crippen molar-refractivity contribution < 1.29 is 10.0 Å². The highest BCUT2D eigenvalue weighted by Crippen LogP contribution is 2.13. The summed E-state index contributed by atoms with van der Waals surface area (Å²) in [6, 6.07) is 5.31. The van der Waals surface area contributed by atoms with E-state index in [9.17, 15) is 10.0 Å². The number of rotatable bonds is 3. The van der Waals surface area contributed by atoms with E-state index in [0.29, 0.717) is 5.46 Å². The lowest BCUT2D eigenvalue weighted by molar-refractivity contribution is 0.425. The Hall–Kier alpha value is -2.38. The number of aromatic nitrogens is 4. The minimum Gasteiger partial charge on any atom is -0.423 e. The minimum absolute atomic E-state index is 0.412. The predicted molar refractivity (Wildman–Crippen MR) is 70.5 cm³/mol. The second-order valence-electron chi connectivity index (χ2n) is 4.10. The molecule has 0 atom stereocenters. The first-order chi connectivity index (χ1) is 9.24. The van der Waals surface area contributed by atoms with Gasteiger partial charge in [-0.25, -0.2) is 9.97 Å². The normalized spacial score (nSPS) is 10.6. The zero-order chi connectivity index (χ0) is 13.2. The molecule has 0 unspecified atom stereocenters. The summed E-state index contributed by atoms with van der Waals surface area (Å²) in [5.74, 6) is 0. The fourth-order valence-electron chi connectivity index (χ4n) is 1.89. The molecule has 3 rings (SSSR count). The van der Waals surface area contributed by atoms with Gasteiger partial charge in [0.2, 0.25) is 0 Å². The Kier molecular flexibility index (Phi) is 2.90. The Morgan fingerprint density at radius 3 is 1.74 bits per heavy atom. The zero-order valence-electron chi connectivity index (χ0n) is 9.96. The van der Waals surface area contributed by atoms with Crippen LogP contribution in [0.2, 0.25) is 0 Å². The van der Waals surface area contributed by atoms with Crippen molar-refractivity contribution in [2.24, 2.45) is 0 Å². The maximum Gasteiger partial charge on any atom is 0.488 e. The fourth-order valence-corrected chi connectivity index (χ4v) is 1.89. The number of hydrogen-bond acceptors (Lipinski definition) is 4. The van der Waals surface area contributed by atoms with Crippen molar-refractivity contribution in [1.29, 1.82) is 0 Å². The van der Waals surface area contributed by atoms with Gasteiger partial charge in [0.05, 0.1) is 12.7 Å². The quantitative estimate of drug-likeness (QED) is 0.631. The van der Waals surface area contributed by atoms with Gasteiger partial charge in [-0.05, 0) is 23.7 Å². The molecule has 0 saturated heterocycles. The summed E-state index contributed by atoms with van der Waals surface area (Å²) in [5, 5.41) is 18.7. The minimum atomic E-state index is -1.52. The second-order valence-corrected chi connectivity index (χ2v) is 4.10. The van der Waals surface area contributed by atoms with Crippen molar-refractivity contribution in [1.82, 2.24) is 19.1 Å². The highest BCUT2D eigenvalue weighted by molar-refractivity contribution is 6.58. The first kappa shape index (κ1) is 11.7. The van der Waals surface area contributed by atoms with Crippen molar-refractivity contribution in [3.8, 4) is 11.4 Å². The van der Waals surface area contributed by atoms with Crippen LogP contribution < -0.4 is 5.46 Å². The van der Waals surface area contributed by atoms with Crippen LogP contribution in [0.25, 0.3) is 11.4 Å². The van der Waals surface area contributed by atoms with E-state index in [0.717, 1.165) is 11.4 Å². The summed E-state index contributed by atoms with van der Waals surface area (Å²) < 4.78 is 3.60. The van der Waals surface area contributed by atoms with E-state index in [1.165, 1.54) is 0 Å². The molecule has 0 aliphatic rings. The topological polar surface area (TPSA) is 76.1 Å². The smallest absolute Gasteiger partial charge is 0.423 e.